The average Bonchev–Trinajstić information content (AvgIpc) is 2.89. The third kappa shape index (κ3) is 7.83. The number of nitrogens with one attached hydrogen (secondary N) is 1. The molecule has 0 heterocycles. The van der Waals surface area contributed by atoms with E-state index in [4.69, 9.17) is 46.4 Å². The van der Waals surface area contributed by atoms with Gasteiger partial charge >= 0.3 is 0 Å². The molecule has 1 atom stereocenters. The van der Waals surface area contributed by atoms with E-state index in [-0.39, 0.29) is 27.2 Å². The molecule has 0 spiro atoms. The van der Waals surface area contributed by atoms with E-state index in [1.165, 1.54) is 35.2 Å². The second-order valence-corrected chi connectivity index (χ2v) is 12.7. The van der Waals surface area contributed by atoms with Gasteiger partial charge < -0.3 is 10.2 Å². The number of hydrogen-bond donors (Lipinski definition) is 1. The van der Waals surface area contributed by atoms with Crippen LogP contribution >= 0.6 is 46.4 Å². The third-order valence-electron chi connectivity index (χ3n) is 6.13. The van der Waals surface area contributed by atoms with Crippen LogP contribution in [0.15, 0.2) is 65.6 Å². The minimum atomic E-state index is -4.27. The van der Waals surface area contributed by atoms with Crippen molar-refractivity contribution in [3.63, 3.8) is 0 Å². The van der Waals surface area contributed by atoms with Crippen molar-refractivity contribution < 1.29 is 18.0 Å². The molecule has 3 aromatic rings. The van der Waals surface area contributed by atoms with Gasteiger partial charge in [-0.3, -0.25) is 13.9 Å². The first-order valence-corrected chi connectivity index (χ1v) is 15.4. The number of hydrogen-bond acceptors (Lipinski definition) is 4. The van der Waals surface area contributed by atoms with Crippen molar-refractivity contribution >= 4 is 73.9 Å². The molecule has 2 amide bonds. The van der Waals surface area contributed by atoms with Crippen molar-refractivity contribution in [2.24, 2.45) is 0 Å². The molecule has 0 bridgehead atoms. The number of halogens is 4. The topological polar surface area (TPSA) is 86.8 Å². The summed E-state index contributed by atoms with van der Waals surface area (Å²) in [4.78, 5) is 28.1. The van der Waals surface area contributed by atoms with Gasteiger partial charge in [-0.2, -0.15) is 0 Å². The maximum Gasteiger partial charge on any atom is 0.264 e. The van der Waals surface area contributed by atoms with Crippen molar-refractivity contribution in [2.75, 3.05) is 17.4 Å². The molecular formula is C28H29Cl4N3O4S. The zero-order valence-electron chi connectivity index (χ0n) is 22.1. The number of amides is 2. The number of aryl methyl sites for hydroxylation is 1. The second kappa shape index (κ2) is 13.9. The molecule has 3 rings (SSSR count). The van der Waals surface area contributed by atoms with Crippen molar-refractivity contribution in [2.45, 2.75) is 44.7 Å². The number of nitrogens with zero attached hydrogens (tertiary/aromatic N) is 2. The molecule has 0 fully saturated rings. The Kier molecular flexibility index (Phi) is 11.1. The van der Waals surface area contributed by atoms with E-state index in [0.717, 1.165) is 9.87 Å². The number of benzene rings is 3. The molecule has 0 radical (unpaired) electrons. The van der Waals surface area contributed by atoms with Crippen LogP contribution in [0.3, 0.4) is 0 Å². The third-order valence-corrected chi connectivity index (χ3v) is 9.06. The highest BCUT2D eigenvalue weighted by Crippen LogP contribution is 2.31. The maximum atomic E-state index is 14.0. The van der Waals surface area contributed by atoms with Crippen LogP contribution in [0.25, 0.3) is 0 Å². The largest absolute Gasteiger partial charge is 0.354 e. The van der Waals surface area contributed by atoms with E-state index in [2.05, 4.69) is 5.32 Å². The fourth-order valence-electron chi connectivity index (χ4n) is 3.88. The quantitative estimate of drug-likeness (QED) is 0.250. The van der Waals surface area contributed by atoms with Gasteiger partial charge in [0.1, 0.15) is 12.6 Å². The summed E-state index contributed by atoms with van der Waals surface area (Å²) in [5.74, 6) is -1.07. The lowest BCUT2D eigenvalue weighted by atomic mass is 10.1. The van der Waals surface area contributed by atoms with Crippen LogP contribution in [0.1, 0.15) is 31.4 Å². The van der Waals surface area contributed by atoms with Gasteiger partial charge in [0.05, 0.1) is 10.6 Å². The van der Waals surface area contributed by atoms with Crippen molar-refractivity contribution in [3.8, 4) is 0 Å². The molecule has 0 saturated carbocycles. The summed E-state index contributed by atoms with van der Waals surface area (Å²) < 4.78 is 28.7. The number of rotatable bonds is 11. The van der Waals surface area contributed by atoms with Gasteiger partial charge in [0, 0.05) is 38.7 Å². The van der Waals surface area contributed by atoms with Crippen LogP contribution in [0, 0.1) is 6.92 Å². The van der Waals surface area contributed by atoms with Crippen molar-refractivity contribution in [3.05, 3.63) is 91.9 Å². The summed E-state index contributed by atoms with van der Waals surface area (Å²) in [6.45, 7) is 4.92. The Hall–Kier alpha value is -2.49. The van der Waals surface area contributed by atoms with Gasteiger partial charge in [-0.15, -0.1) is 0 Å². The molecule has 3 aromatic carbocycles. The average molecular weight is 645 g/mol. The molecule has 40 heavy (non-hydrogen) atoms. The van der Waals surface area contributed by atoms with Crippen LogP contribution in [0.4, 0.5) is 5.69 Å². The molecule has 0 aromatic heterocycles. The highest BCUT2D eigenvalue weighted by atomic mass is 35.5. The molecule has 0 aliphatic rings. The molecule has 1 unspecified atom stereocenters. The monoisotopic (exact) mass is 643 g/mol. The molecule has 0 aliphatic carbocycles. The normalized spacial score (nSPS) is 12.1. The Morgan fingerprint density at radius 1 is 0.925 bits per heavy atom. The minimum absolute atomic E-state index is 0.0311. The first kappa shape index (κ1) is 32.0. The lowest BCUT2D eigenvalue weighted by Crippen LogP contribution is -2.51. The summed E-state index contributed by atoms with van der Waals surface area (Å²) in [5.41, 5.74) is 1.38. The summed E-state index contributed by atoms with van der Waals surface area (Å²) >= 11 is 25.2. The van der Waals surface area contributed by atoms with Crippen LogP contribution in [-0.4, -0.2) is 44.3 Å². The highest BCUT2D eigenvalue weighted by Gasteiger charge is 2.33. The maximum absolute atomic E-state index is 14.0. The van der Waals surface area contributed by atoms with Gasteiger partial charge in [0.15, 0.2) is 0 Å². The summed E-state index contributed by atoms with van der Waals surface area (Å²) in [5, 5.41) is 3.76. The van der Waals surface area contributed by atoms with Gasteiger partial charge in [-0.05, 0) is 62.7 Å². The van der Waals surface area contributed by atoms with Gasteiger partial charge in [0.25, 0.3) is 10.0 Å². The first-order valence-electron chi connectivity index (χ1n) is 12.4. The van der Waals surface area contributed by atoms with E-state index in [0.29, 0.717) is 28.6 Å². The highest BCUT2D eigenvalue weighted by molar-refractivity contribution is 7.92. The molecule has 7 nitrogen and oxygen atoms in total. The Morgan fingerprint density at radius 2 is 1.50 bits per heavy atom. The lowest BCUT2D eigenvalue weighted by molar-refractivity contribution is -0.139. The summed E-state index contributed by atoms with van der Waals surface area (Å²) in [7, 11) is -4.27. The Balaban J connectivity index is 2.09. The Morgan fingerprint density at radius 3 is 2.05 bits per heavy atom. The number of sulfonamides is 1. The summed E-state index contributed by atoms with van der Waals surface area (Å²) in [6, 6.07) is 14.4. The lowest BCUT2D eigenvalue weighted by Gasteiger charge is -2.32. The molecule has 1 N–H and O–H groups in total. The number of carbonyl (C=O) groups excluding carboxylic acids is 2. The van der Waals surface area contributed by atoms with Crippen LogP contribution in [0.2, 0.25) is 20.1 Å². The van der Waals surface area contributed by atoms with E-state index in [1.54, 1.807) is 37.3 Å². The molecule has 214 valence electrons. The summed E-state index contributed by atoms with van der Waals surface area (Å²) in [6.07, 6.45) is 0.695. The molecule has 12 heteroatoms. The van der Waals surface area contributed by atoms with E-state index < -0.39 is 34.4 Å². The van der Waals surface area contributed by atoms with E-state index >= 15 is 0 Å². The van der Waals surface area contributed by atoms with Crippen LogP contribution in [-0.2, 0) is 26.2 Å². The van der Waals surface area contributed by atoms with Crippen molar-refractivity contribution in [1.82, 2.24) is 10.2 Å². The number of carbonyl (C=O) groups is 2. The molecule has 0 saturated heterocycles. The zero-order chi connectivity index (χ0) is 29.6. The van der Waals surface area contributed by atoms with E-state index in [1.807, 2.05) is 13.8 Å². The second-order valence-electron chi connectivity index (χ2n) is 9.14. The first-order chi connectivity index (χ1) is 18.8. The fraction of sp³-hybridized carbons (Fsp3) is 0.286. The predicted molar refractivity (Wildman–Crippen MR) is 162 cm³/mol. The smallest absolute Gasteiger partial charge is 0.264 e. The zero-order valence-corrected chi connectivity index (χ0v) is 26.0. The van der Waals surface area contributed by atoms with Gasteiger partial charge in [0.2, 0.25) is 11.8 Å². The minimum Gasteiger partial charge on any atom is -0.354 e. The SMILES string of the molecule is CCCNC(=O)C(C)N(Cc1c(Cl)cccc1Cl)C(=O)CN(c1cc(Cl)cc(Cl)c1)S(=O)(=O)c1ccc(C)cc1. The van der Waals surface area contributed by atoms with Crippen LogP contribution < -0.4 is 9.62 Å². The molecular weight excluding hydrogens is 616 g/mol. The predicted octanol–water partition coefficient (Wildman–Crippen LogP) is 6.75. The number of anilines is 1. The van der Waals surface area contributed by atoms with Gasteiger partial charge in [-0.25, -0.2) is 8.42 Å². The standard InChI is InChI=1S/C28H29Cl4N3O4S/c1-4-12-33-28(37)19(3)34(16-24-25(31)6-5-7-26(24)32)27(36)17-35(22-14-20(29)13-21(30)15-22)40(38,39)23-10-8-18(2)9-11-23/h5-11,13-15,19H,4,12,16-17H2,1-3H3,(H,33,37). The van der Waals surface area contributed by atoms with E-state index in [9.17, 15) is 18.0 Å². The fourth-order valence-corrected chi connectivity index (χ4v) is 6.31. The van der Waals surface area contributed by atoms with Gasteiger partial charge in [-0.1, -0.05) is 77.1 Å². The Labute approximate surface area is 255 Å². The van der Waals surface area contributed by atoms with Crippen molar-refractivity contribution in [1.29, 1.82) is 0 Å². The molecule has 0 aliphatic heterocycles. The van der Waals surface area contributed by atoms with Crippen LogP contribution in [0.5, 0.6) is 0 Å². The Bertz CT molecular complexity index is 1440.